The number of allylic oxidation sites excluding steroid dienone is 1. The first-order valence-corrected chi connectivity index (χ1v) is 7.82. The van der Waals surface area contributed by atoms with Crippen molar-refractivity contribution in [3.63, 3.8) is 0 Å². The minimum atomic E-state index is -1.09. The summed E-state index contributed by atoms with van der Waals surface area (Å²) >= 11 is 0. The van der Waals surface area contributed by atoms with Gasteiger partial charge in [0.25, 0.3) is 0 Å². The van der Waals surface area contributed by atoms with Crippen LogP contribution in [0.25, 0.3) is 22.6 Å². The van der Waals surface area contributed by atoms with Crippen molar-refractivity contribution < 1.29 is 18.7 Å². The fourth-order valence-electron chi connectivity index (χ4n) is 3.16. The summed E-state index contributed by atoms with van der Waals surface area (Å²) in [5, 5.41) is 9.35. The molecule has 0 amide bonds. The molecule has 5 heteroatoms. The molecule has 4 nitrogen and oxygen atoms in total. The van der Waals surface area contributed by atoms with E-state index in [2.05, 4.69) is 0 Å². The highest BCUT2D eigenvalue weighted by atomic mass is 19.1. The molecule has 4 rings (SSSR count). The number of carboxylic acids is 1. The molecule has 0 saturated carbocycles. The lowest BCUT2D eigenvalue weighted by molar-refractivity contribution is 0.0697. The van der Waals surface area contributed by atoms with Crippen molar-refractivity contribution in [2.45, 2.75) is 12.8 Å². The molecule has 1 aliphatic carbocycles. The van der Waals surface area contributed by atoms with Gasteiger partial charge in [-0.2, -0.15) is 0 Å². The third kappa shape index (κ3) is 2.63. The highest BCUT2D eigenvalue weighted by molar-refractivity contribution is 5.94. The Morgan fingerprint density at radius 2 is 2.00 bits per heavy atom. The lowest BCUT2D eigenvalue weighted by Gasteiger charge is -2.05. The predicted octanol–water partition coefficient (Wildman–Crippen LogP) is 4.12. The Balaban J connectivity index is 1.88. The highest BCUT2D eigenvalue weighted by Gasteiger charge is 2.24. The van der Waals surface area contributed by atoms with E-state index in [-0.39, 0.29) is 22.2 Å². The molecule has 1 aromatic heterocycles. The SMILES string of the molecule is O=C(O)c1ccc2oc3c(c(=O)c2c1)CC/C3=C\c1cccc(F)c1. The molecular formula is C20H13FO4. The van der Waals surface area contributed by atoms with Crippen LogP contribution in [0.2, 0.25) is 0 Å². The van der Waals surface area contributed by atoms with Gasteiger partial charge in [0.2, 0.25) is 0 Å². The van der Waals surface area contributed by atoms with E-state index in [4.69, 9.17) is 9.52 Å². The lowest BCUT2D eigenvalue weighted by Crippen LogP contribution is -2.09. The normalized spacial score (nSPS) is 14.8. The van der Waals surface area contributed by atoms with Crippen LogP contribution < -0.4 is 5.43 Å². The van der Waals surface area contributed by atoms with Crippen LogP contribution in [0.4, 0.5) is 4.39 Å². The number of aromatic carboxylic acids is 1. The summed E-state index contributed by atoms with van der Waals surface area (Å²) < 4.78 is 19.2. The Morgan fingerprint density at radius 3 is 2.76 bits per heavy atom. The molecule has 2 aromatic carbocycles. The third-order valence-electron chi connectivity index (χ3n) is 4.36. The largest absolute Gasteiger partial charge is 0.478 e. The first-order chi connectivity index (χ1) is 12.0. The van der Waals surface area contributed by atoms with E-state index in [1.54, 1.807) is 12.1 Å². The predicted molar refractivity (Wildman–Crippen MR) is 92.0 cm³/mol. The number of hydrogen-bond donors (Lipinski definition) is 1. The monoisotopic (exact) mass is 336 g/mol. The Kier molecular flexibility index (Phi) is 3.50. The summed E-state index contributed by atoms with van der Waals surface area (Å²) in [6, 6.07) is 10.5. The smallest absolute Gasteiger partial charge is 0.335 e. The van der Waals surface area contributed by atoms with Crippen molar-refractivity contribution >= 4 is 28.6 Å². The van der Waals surface area contributed by atoms with Gasteiger partial charge in [0.1, 0.15) is 17.2 Å². The molecule has 0 bridgehead atoms. The van der Waals surface area contributed by atoms with Crippen LogP contribution in [0.3, 0.4) is 0 Å². The Bertz CT molecular complexity index is 1110. The summed E-state index contributed by atoms with van der Waals surface area (Å²) in [5.41, 5.74) is 2.27. The Hall–Kier alpha value is -3.21. The van der Waals surface area contributed by atoms with Crippen LogP contribution in [-0.4, -0.2) is 11.1 Å². The molecule has 0 saturated heterocycles. The zero-order valence-electron chi connectivity index (χ0n) is 13.1. The molecule has 25 heavy (non-hydrogen) atoms. The average Bonchev–Trinajstić information content (AvgIpc) is 2.98. The third-order valence-corrected chi connectivity index (χ3v) is 4.36. The average molecular weight is 336 g/mol. The van der Waals surface area contributed by atoms with Gasteiger partial charge in [-0.1, -0.05) is 12.1 Å². The molecule has 124 valence electrons. The second-order valence-corrected chi connectivity index (χ2v) is 5.98. The molecular weight excluding hydrogens is 323 g/mol. The highest BCUT2D eigenvalue weighted by Crippen LogP contribution is 2.34. The number of carboxylic acid groups (broad SMARTS) is 1. The number of fused-ring (bicyclic) bond motifs is 2. The minimum Gasteiger partial charge on any atom is -0.478 e. The van der Waals surface area contributed by atoms with Gasteiger partial charge in [0.15, 0.2) is 5.43 Å². The maximum Gasteiger partial charge on any atom is 0.335 e. The Morgan fingerprint density at radius 1 is 1.16 bits per heavy atom. The lowest BCUT2D eigenvalue weighted by atomic mass is 10.1. The topological polar surface area (TPSA) is 67.5 Å². The zero-order valence-corrected chi connectivity index (χ0v) is 13.1. The molecule has 0 aliphatic heterocycles. The van der Waals surface area contributed by atoms with Gasteiger partial charge >= 0.3 is 5.97 Å². The van der Waals surface area contributed by atoms with E-state index in [0.29, 0.717) is 35.3 Å². The molecule has 1 aliphatic rings. The number of rotatable bonds is 2. The maximum atomic E-state index is 13.4. The molecule has 1 heterocycles. The van der Waals surface area contributed by atoms with Crippen molar-refractivity contribution in [3.8, 4) is 0 Å². The summed E-state index contributed by atoms with van der Waals surface area (Å²) in [6.07, 6.45) is 2.95. The first-order valence-electron chi connectivity index (χ1n) is 7.82. The summed E-state index contributed by atoms with van der Waals surface area (Å²) in [7, 11) is 0. The second kappa shape index (κ2) is 5.70. The fraction of sp³-hybridized carbons (Fsp3) is 0.100. The molecule has 3 aromatic rings. The molecule has 1 N–H and O–H groups in total. The maximum absolute atomic E-state index is 13.4. The van der Waals surface area contributed by atoms with E-state index >= 15 is 0 Å². The van der Waals surface area contributed by atoms with Crippen molar-refractivity contribution in [3.05, 3.63) is 81.0 Å². The molecule has 0 unspecified atom stereocenters. The number of halogens is 1. The van der Waals surface area contributed by atoms with Gasteiger partial charge in [-0.15, -0.1) is 0 Å². The molecule has 0 radical (unpaired) electrons. The van der Waals surface area contributed by atoms with Crippen LogP contribution >= 0.6 is 0 Å². The number of hydrogen-bond acceptors (Lipinski definition) is 3. The van der Waals surface area contributed by atoms with Crippen molar-refractivity contribution in [1.29, 1.82) is 0 Å². The van der Waals surface area contributed by atoms with Gasteiger partial charge < -0.3 is 9.52 Å². The Labute approximate surface area is 141 Å². The molecule has 0 spiro atoms. The first kappa shape index (κ1) is 15.3. The van der Waals surface area contributed by atoms with Crippen molar-refractivity contribution in [2.75, 3.05) is 0 Å². The second-order valence-electron chi connectivity index (χ2n) is 5.98. The van der Waals surface area contributed by atoms with Gasteiger partial charge in [-0.3, -0.25) is 4.79 Å². The van der Waals surface area contributed by atoms with Crippen LogP contribution in [0.5, 0.6) is 0 Å². The van der Waals surface area contributed by atoms with Gasteiger partial charge in [-0.05, 0) is 60.4 Å². The van der Waals surface area contributed by atoms with Gasteiger partial charge in [0.05, 0.1) is 10.9 Å². The molecule has 0 atom stereocenters. The summed E-state index contributed by atoms with van der Waals surface area (Å²) in [4.78, 5) is 23.8. The van der Waals surface area contributed by atoms with Crippen LogP contribution in [0, 0.1) is 5.82 Å². The summed E-state index contributed by atoms with van der Waals surface area (Å²) in [5.74, 6) is -0.910. The number of benzene rings is 2. The zero-order chi connectivity index (χ0) is 17.6. The van der Waals surface area contributed by atoms with E-state index in [0.717, 1.165) is 5.57 Å². The fourth-order valence-corrected chi connectivity index (χ4v) is 3.16. The van der Waals surface area contributed by atoms with Crippen LogP contribution in [-0.2, 0) is 6.42 Å². The van der Waals surface area contributed by atoms with Crippen LogP contribution in [0.1, 0.15) is 33.7 Å². The standard InChI is InChI=1S/C20H13FO4/c21-14-3-1-2-11(9-14)8-12-4-6-15-18(22)16-10-13(20(23)24)5-7-17(16)25-19(12)15/h1-3,5,7-10H,4,6H2,(H,23,24)/b12-8+. The van der Waals surface area contributed by atoms with Gasteiger partial charge in [0, 0.05) is 5.56 Å². The summed E-state index contributed by atoms with van der Waals surface area (Å²) in [6.45, 7) is 0. The number of carbonyl (C=O) groups is 1. The minimum absolute atomic E-state index is 0.0493. The molecule has 0 fully saturated rings. The van der Waals surface area contributed by atoms with E-state index in [1.165, 1.54) is 30.3 Å². The quantitative estimate of drug-likeness (QED) is 0.764. The van der Waals surface area contributed by atoms with E-state index < -0.39 is 5.97 Å². The van der Waals surface area contributed by atoms with Crippen LogP contribution in [0.15, 0.2) is 51.7 Å². The van der Waals surface area contributed by atoms with E-state index in [9.17, 15) is 14.0 Å². The van der Waals surface area contributed by atoms with Crippen molar-refractivity contribution in [1.82, 2.24) is 0 Å². The van der Waals surface area contributed by atoms with E-state index in [1.807, 2.05) is 6.08 Å². The van der Waals surface area contributed by atoms with Gasteiger partial charge in [-0.25, -0.2) is 9.18 Å². The van der Waals surface area contributed by atoms with Crippen molar-refractivity contribution in [2.24, 2.45) is 0 Å².